The van der Waals surface area contributed by atoms with Gasteiger partial charge in [-0.25, -0.2) is 4.79 Å². The average molecular weight is 2640 g/mol. The zero-order valence-electron chi connectivity index (χ0n) is 80.3. The quantitative estimate of drug-likeness (QED) is 0.0145. The number of aryl methyl sites for hydroxylation is 1. The van der Waals surface area contributed by atoms with Crippen molar-refractivity contribution in [1.29, 1.82) is 0 Å². The molecule has 2 aliphatic rings. The molecule has 145 heavy (non-hydrogen) atoms. The Morgan fingerprint density at radius 2 is 1.02 bits per heavy atom. The van der Waals surface area contributed by atoms with E-state index in [1.165, 1.54) is 62.5 Å². The van der Waals surface area contributed by atoms with Crippen molar-refractivity contribution in [1.82, 2.24) is 110 Å². The molecular weight excluding hydrogens is 2520 g/mol. The number of phenols is 2. The second-order valence-electron chi connectivity index (χ2n) is 33.9. The fourth-order valence-corrected chi connectivity index (χ4v) is 16.2. The Morgan fingerprint density at radius 1 is 0.531 bits per heavy atom. The van der Waals surface area contributed by atoms with E-state index >= 15 is 0 Å². The van der Waals surface area contributed by atoms with Gasteiger partial charge in [-0.15, -0.1) is 0 Å². The van der Waals surface area contributed by atoms with Crippen LogP contribution in [0, 0.1) is 212 Å². The minimum atomic E-state index is -2.09. The Labute approximate surface area is 971 Å². The number of aromatic nitrogens is 2. The summed E-state index contributed by atoms with van der Waals surface area (Å²) in [5, 5.41) is 92.0. The topological polar surface area (TPSA) is 725 Å². The van der Waals surface area contributed by atoms with Crippen LogP contribution in [0.3, 0.4) is 0 Å². The van der Waals surface area contributed by atoms with E-state index in [-0.39, 0.29) is 265 Å². The number of aliphatic hydroxyl groups excluding tert-OH is 1. The van der Waals surface area contributed by atoms with Gasteiger partial charge in [0.05, 0.1) is 55.7 Å². The van der Waals surface area contributed by atoms with Gasteiger partial charge >= 0.3 is 17.6 Å². The van der Waals surface area contributed by atoms with E-state index in [2.05, 4.69) is 123 Å². The van der Waals surface area contributed by atoms with E-state index in [1.54, 1.807) is 58.9 Å². The molecule has 804 valence electrons. The third kappa shape index (κ3) is 49.3. The van der Waals surface area contributed by atoms with Gasteiger partial charge in [-0.3, -0.25) is 95.9 Å². The van der Waals surface area contributed by atoms with E-state index < -0.39 is 272 Å². The van der Waals surface area contributed by atoms with Crippen molar-refractivity contribution < 1.29 is 286 Å². The van der Waals surface area contributed by atoms with Crippen LogP contribution < -0.4 is 102 Å². The number of hydrogen-bond acceptors (Lipinski definition) is 28. The number of nitrogens with zero attached hydrogens (tertiary/aromatic N) is 3. The molecule has 19 amide bonds. The summed E-state index contributed by atoms with van der Waals surface area (Å²) in [6.07, 6.45) is -2.70. The van der Waals surface area contributed by atoms with Gasteiger partial charge in [0.25, 0.3) is 5.56 Å². The van der Waals surface area contributed by atoms with Gasteiger partial charge in [-0.05, 0) is 97.9 Å². The van der Waals surface area contributed by atoms with Crippen LogP contribution in [0.1, 0.15) is 108 Å². The molecule has 13 atom stereocenters. The molecule has 0 aliphatic carbocycles. The Morgan fingerprint density at radius 3 is 1.52 bits per heavy atom. The summed E-state index contributed by atoms with van der Waals surface area (Å²) in [7, 11) is 2.89. The molecule has 23 N–H and O–H groups in total. The maximum Gasteiger partial charge on any atom is 0.328 e. The van der Waals surface area contributed by atoms with Gasteiger partial charge in [-0.2, -0.15) is 0 Å². The normalized spacial score (nSPS) is 17.9. The Hall–Kier alpha value is -9.75. The number of aromatic amines is 1. The van der Waals surface area contributed by atoms with Crippen LogP contribution in [0.4, 0.5) is 0 Å². The predicted molar refractivity (Wildman–Crippen MR) is 507 cm³/mol. The van der Waals surface area contributed by atoms with Crippen LogP contribution in [0.5, 0.6) is 11.5 Å². The Balaban J connectivity index is 0.00000264. The van der Waals surface area contributed by atoms with E-state index in [1.807, 2.05) is 0 Å². The molecule has 0 bridgehead atoms. The molecule has 0 spiro atoms. The number of phenolic OH excluding ortho intramolecular Hbond substituents is 2. The summed E-state index contributed by atoms with van der Waals surface area (Å²) < 4.78 is 0.856. The summed E-state index contributed by atoms with van der Waals surface area (Å²) >= 11 is 0. The monoisotopic (exact) mass is 2640 g/mol. The summed E-state index contributed by atoms with van der Waals surface area (Å²) in [6.45, 7) is 20.0. The summed E-state index contributed by atoms with van der Waals surface area (Å²) in [4.78, 5) is 308. The minimum absolute atomic E-state index is 0. The fraction of sp³-hybridized carbons (Fsp3) is 0.478. The third-order valence-electron chi connectivity index (χ3n) is 21.2. The van der Waals surface area contributed by atoms with E-state index in [0.717, 1.165) is 60.2 Å². The SMILES string of the molecule is [CH2-]C(=O)NCC(NC([CH2-])=O)C(=O)NCCN(CC(=O)NC(CC(C)C)C(=O)N1CCC[C@H]1C(=O)N[C@H]1CSSC[C@@H](C(=O)N[C@@H](CC(C)C)C(=O)NC)NC(=O)[C@H](C(C)O)NC(=O)CNC(=O)[C@H](Cc2ccc(O)cc2)NC(=O)[C@H](Cc2ccc(O)cc2)NC(=O)[C@H](CC(=O)O)NC1=O)C(=O)Cn1cc(C)c(=O)[nH]c1=O.[CH2-]C(=O)NCC(NC([CH2-])=O)C(=O)NCc1ccc(CNC(=O)[C@@H](C)CC(=O)O)cc1.[Gd].[Gd].[Gd].[Gd]. The fourth-order valence-electron chi connectivity index (χ4n) is 13.9. The van der Waals surface area contributed by atoms with Gasteiger partial charge in [0, 0.05) is 255 Å². The number of aliphatic hydroxyl groups is 1. The number of likely N-dealkylation sites (tertiary alicyclic amines) is 1. The molecule has 6 rings (SSSR count). The van der Waals surface area contributed by atoms with Crippen LogP contribution in [0.2, 0.25) is 0 Å². The smallest absolute Gasteiger partial charge is 0.328 e. The number of nitrogens with one attached hydrogen (secondary N) is 18. The maximum atomic E-state index is 15.0. The van der Waals surface area contributed by atoms with Crippen molar-refractivity contribution in [3.8, 4) is 11.5 Å². The van der Waals surface area contributed by atoms with Gasteiger partial charge in [0.15, 0.2) is 0 Å². The zero-order chi connectivity index (χ0) is 105. The first-order valence-corrected chi connectivity index (χ1v) is 47.0. The molecule has 0 radical (unpaired) electrons. The number of H-pyrrole nitrogens is 1. The second-order valence-corrected chi connectivity index (χ2v) is 36.4. The van der Waals surface area contributed by atoms with Crippen molar-refractivity contribution in [2.24, 2.45) is 17.8 Å². The molecule has 2 fully saturated rings. The van der Waals surface area contributed by atoms with E-state index in [9.17, 15) is 131 Å². The number of likely N-dealkylation sites (N-methyl/N-ethyl adjacent to an activating group) is 1. The van der Waals surface area contributed by atoms with Gasteiger partial charge in [0.1, 0.15) is 84.5 Å². The predicted octanol–water partition coefficient (Wildman–Crippen LogP) is -6.67. The number of hydrogen-bond donors (Lipinski definition) is 23. The number of benzene rings is 3. The van der Waals surface area contributed by atoms with Crippen molar-refractivity contribution >= 4 is 146 Å². The van der Waals surface area contributed by atoms with E-state index in [0.29, 0.717) is 5.56 Å². The number of amides is 19. The first-order chi connectivity index (χ1) is 66.4. The first kappa shape index (κ1) is 133. The Bertz CT molecular complexity index is 5260. The number of carbonyl (C=O) groups is 21. The van der Waals surface area contributed by atoms with Crippen LogP contribution in [-0.4, -0.2) is 306 Å². The molecule has 1 aromatic heterocycles. The van der Waals surface area contributed by atoms with Crippen molar-refractivity contribution in [2.45, 2.75) is 192 Å². The van der Waals surface area contributed by atoms with Crippen molar-refractivity contribution in [3.05, 3.63) is 155 Å². The van der Waals surface area contributed by atoms with Gasteiger partial charge in [0.2, 0.25) is 88.6 Å². The van der Waals surface area contributed by atoms with Crippen LogP contribution in [0.15, 0.2) is 88.6 Å². The molecule has 4 unspecified atom stereocenters. The number of rotatable bonds is 40. The number of aromatic hydroxyl groups is 2. The van der Waals surface area contributed by atoms with Crippen LogP contribution >= 0.6 is 21.6 Å². The molecule has 49 nitrogen and oxygen atoms in total. The molecule has 55 heteroatoms. The standard InChI is InChI=1S/C70H97N17O22S2.C20H26N4O6.4Gd/c1-35(2)23-45(60(99)71-9)77-66(105)52-34-111-110-33-51(65(104)80-48(27-57(96)97)64(103)79-47(26-42-14-18-44(92)19-15-42)63(102)78-46(25-41-12-16-43(91)17-13-41)61(100)74-29-54(93)83-58(38(6)88)68(107)82-52)81-67(106)53-11-10-21-87(53)69(108)49(24-36(3)4)76-55(94)31-85(56(95)32-86-30-37(5)59(98)84-70(86)109)22-20-72-62(101)50(75-40(8)90)28-73-39(7)89;1-12(8-18(27)28)19(29)22-9-15-4-6-16(7-5-15)10-23-20(30)17(24-14(3)26)11-21-13(2)25;;;;/h12-19,30,35-36,38,45-53,58,88,91-92H,7-8,10-11,20-29,31-34H2,1-6,9H3,(H,71,99)(H,72,101)(H,73,89)(H,74,100)(H,75,90)(H,76,94)(H,77,105)(H,78,102)(H,79,103)(H,80,104)(H,81,106)(H,82,107)(H,83,93)(H,96,97)(H,84,98,109);4-7,12,17H,2-3,8-11H2,1H3,(H,21,25)(H,22,29)(H,23,30)(H,24,26)(H,27,28);;;;/q2*-2;;;;/t38?,45-,46-,47-,48-,49?,50?,51-,52-,53-,58-;12-,17?;;;;/m00..../s1. The molecule has 4 aromatic rings. The molecule has 3 aromatic carbocycles. The molecule has 0 saturated carbocycles. The first-order valence-electron chi connectivity index (χ1n) is 44.5. The number of carboxylic acids is 2. The molecule has 3 heterocycles. The summed E-state index contributed by atoms with van der Waals surface area (Å²) in [5.41, 5.74) is 0.513. The van der Waals surface area contributed by atoms with Gasteiger partial charge < -0.3 is 173 Å². The van der Waals surface area contributed by atoms with E-state index in [4.69, 9.17) is 5.11 Å². The maximum absolute atomic E-state index is 15.0. The van der Waals surface area contributed by atoms with Crippen molar-refractivity contribution in [3.63, 3.8) is 0 Å². The molecule has 2 saturated heterocycles. The summed E-state index contributed by atoms with van der Waals surface area (Å²) in [6, 6.07) is 0.492. The number of carboxylic acid groups (broad SMARTS) is 2. The largest absolute Gasteiger partial charge is 0.508 e. The number of carbonyl (C=O) groups excluding carboxylic acids is 19. The molecular formula is C90H123Gd4N21O28S2-4. The molecule has 2 aliphatic heterocycles. The number of aliphatic carboxylic acids is 2. The second kappa shape index (κ2) is 68.0. The minimum Gasteiger partial charge on any atom is -0.508 e. The van der Waals surface area contributed by atoms with Crippen LogP contribution in [-0.2, 0) is 133 Å². The summed E-state index contributed by atoms with van der Waals surface area (Å²) in [5.74, 6) is -22.0. The van der Waals surface area contributed by atoms with Crippen LogP contribution in [0.25, 0.3) is 0 Å². The zero-order valence-corrected chi connectivity index (χ0v) is 91.0. The average Bonchev–Trinajstić information content (AvgIpc) is 1.50. The van der Waals surface area contributed by atoms with Crippen molar-refractivity contribution in [2.75, 3.05) is 64.4 Å². The Kier molecular flexibility index (Phi) is 62.5. The third-order valence-corrected chi connectivity index (χ3v) is 23.6. The van der Waals surface area contributed by atoms with Gasteiger partial charge in [-0.1, -0.05) is 105 Å².